The Morgan fingerprint density at radius 2 is 1.05 bits per heavy atom. The fourth-order valence-corrected chi connectivity index (χ4v) is 14.7. The van der Waals surface area contributed by atoms with Gasteiger partial charge in [-0.25, -0.2) is 0 Å². The molecule has 0 amide bonds. The number of aliphatic hydroxyl groups is 16. The molecule has 446 valence electrons. The summed E-state index contributed by atoms with van der Waals surface area (Å²) in [5.41, 5.74) is -2.84. The lowest BCUT2D eigenvalue weighted by molar-refractivity contribution is -0.364. The van der Waals surface area contributed by atoms with Crippen molar-refractivity contribution in [1.29, 1.82) is 0 Å². The monoisotopic (exact) mass is 1130 g/mol. The quantitative estimate of drug-likeness (QED) is 0.0412. The van der Waals surface area contributed by atoms with Crippen LogP contribution in [-0.2, 0) is 57.0 Å². The van der Waals surface area contributed by atoms with Crippen molar-refractivity contribution >= 4 is 11.8 Å². The smallest absolute Gasteiger partial charge is 0.314 e. The first-order valence-electron chi connectivity index (χ1n) is 26.7. The molecule has 26 unspecified atom stereocenters. The minimum absolute atomic E-state index is 0.0728. The Morgan fingerprint density at radius 1 is 0.564 bits per heavy atom. The Labute approximate surface area is 447 Å². The second-order valence-corrected chi connectivity index (χ2v) is 23.5. The summed E-state index contributed by atoms with van der Waals surface area (Å²) < 4.78 is 59.2. The zero-order valence-corrected chi connectivity index (χ0v) is 43.2. The molecular formula is C50H78O28. The fourth-order valence-electron chi connectivity index (χ4n) is 14.7. The van der Waals surface area contributed by atoms with Crippen molar-refractivity contribution in [2.45, 2.75) is 225 Å². The number of esters is 1. The summed E-state index contributed by atoms with van der Waals surface area (Å²) in [5, 5.41) is 168. The lowest BCUT2D eigenvalue weighted by atomic mass is 9.41. The van der Waals surface area contributed by atoms with Crippen LogP contribution < -0.4 is 0 Å². The molecule has 0 aromatic rings. The predicted octanol–water partition coefficient (Wildman–Crippen LogP) is -7.08. The molecule has 30 atom stereocenters. The van der Waals surface area contributed by atoms with Gasteiger partial charge in [0, 0.05) is 0 Å². The van der Waals surface area contributed by atoms with Crippen LogP contribution in [0.1, 0.15) is 71.6 Å². The molecule has 5 saturated heterocycles. The summed E-state index contributed by atoms with van der Waals surface area (Å²) in [4.78, 5) is 28.8. The molecule has 9 fully saturated rings. The van der Waals surface area contributed by atoms with Crippen molar-refractivity contribution in [1.82, 2.24) is 0 Å². The van der Waals surface area contributed by atoms with E-state index in [4.69, 9.17) is 47.4 Å². The highest BCUT2D eigenvalue weighted by Crippen LogP contribution is 2.74. The van der Waals surface area contributed by atoms with Gasteiger partial charge in [0.15, 0.2) is 37.0 Å². The first-order valence-corrected chi connectivity index (χ1v) is 26.7. The zero-order chi connectivity index (χ0) is 56.7. The third-order valence-corrected chi connectivity index (χ3v) is 19.0. The van der Waals surface area contributed by atoms with Gasteiger partial charge in [-0.2, -0.15) is 0 Å². The number of ketones is 1. The summed E-state index contributed by atoms with van der Waals surface area (Å²) >= 11 is 0. The van der Waals surface area contributed by atoms with Crippen molar-refractivity contribution < 1.29 is 139 Å². The van der Waals surface area contributed by atoms with Crippen LogP contribution in [-0.4, -0.2) is 280 Å². The van der Waals surface area contributed by atoms with E-state index in [1.165, 1.54) is 0 Å². The van der Waals surface area contributed by atoms with Gasteiger partial charge >= 0.3 is 5.97 Å². The minimum atomic E-state index is -2.12. The second-order valence-electron chi connectivity index (χ2n) is 23.5. The molecule has 0 radical (unpaired) electrons. The Bertz CT molecular complexity index is 2120. The molecule has 4 saturated carbocycles. The van der Waals surface area contributed by atoms with Crippen LogP contribution in [0.5, 0.6) is 0 Å². The van der Waals surface area contributed by atoms with Gasteiger partial charge in [0.05, 0.1) is 44.1 Å². The van der Waals surface area contributed by atoms with E-state index in [0.717, 1.165) is 0 Å². The first-order chi connectivity index (χ1) is 36.8. The molecule has 28 nitrogen and oxygen atoms in total. The molecule has 1 spiro atoms. The van der Waals surface area contributed by atoms with Crippen LogP contribution in [0.2, 0.25) is 0 Å². The van der Waals surface area contributed by atoms with Crippen LogP contribution in [0.15, 0.2) is 12.2 Å². The Hall–Kier alpha value is -2.12. The summed E-state index contributed by atoms with van der Waals surface area (Å²) in [6.45, 7) is 4.45. The highest BCUT2D eigenvalue weighted by molar-refractivity contribution is 5.88. The van der Waals surface area contributed by atoms with E-state index < -0.39 is 214 Å². The molecule has 4 aliphatic carbocycles. The van der Waals surface area contributed by atoms with Crippen molar-refractivity contribution in [3.8, 4) is 0 Å². The molecule has 16 N–H and O–H groups in total. The molecule has 2 bridgehead atoms. The zero-order valence-electron chi connectivity index (χ0n) is 43.2. The van der Waals surface area contributed by atoms with Crippen molar-refractivity contribution in [2.24, 2.45) is 28.1 Å². The lowest BCUT2D eigenvalue weighted by Gasteiger charge is -2.64. The molecule has 78 heavy (non-hydrogen) atoms. The number of aliphatic hydroxyl groups excluding tert-OH is 16. The SMILES string of the molecule is C=C1C[C@@]23CCC4[C@](C)(C(=O)OC5OC(CO)C(O)C(O)C5OC5OC(CO)C(O)C(O)C5O)CCC[C@@]4(C)[C@@H]2CCC1(OC1OC(COC2OC(CO)C(O)C(O)C2O)C(=O)C(O)C1OC1OC(CO)C(O)C(O)C1O)C3. The average Bonchev–Trinajstić information content (AvgIpc) is 3.50. The largest absolute Gasteiger partial charge is 0.432 e. The van der Waals surface area contributed by atoms with E-state index in [9.17, 15) is 91.3 Å². The first kappa shape index (κ1) is 60.5. The standard InChI is InChI=1S/C50H78O28/c1-18-11-49-9-5-24-47(2,7-4-8-48(24,3)46(68)77-44-39(34(63)29(58)22(15-54)73-44)75-42-37(66)32(61)27(56)20(13-52)71-42)25(49)6-10-50(18,17-49)78-45-40(76-43-38(67)33(62)28(57)21(14-53)72-43)35(64)30(59)23(74-45)16-69-41-36(65)31(60)26(55)19(12-51)70-41/h19-29,31-45,51-58,60-67H,1,4-17H2,2-3H3/t19?,20?,21?,22?,23?,24?,25-,26?,27?,28?,29?,31?,32?,33?,34?,35?,36?,37?,38?,39?,40?,41?,42?,43?,44?,45?,47+,48+,49+,50?/m0/s1. The van der Waals surface area contributed by atoms with E-state index in [2.05, 4.69) is 13.5 Å². The van der Waals surface area contributed by atoms with E-state index in [1.54, 1.807) is 6.92 Å². The number of Topliss-reactive ketones (excluding diaryl/α,β-unsaturated/α-hetero) is 1. The number of rotatable bonds is 15. The van der Waals surface area contributed by atoms with Crippen LogP contribution in [0.25, 0.3) is 0 Å². The fraction of sp³-hybridized carbons (Fsp3) is 0.920. The van der Waals surface area contributed by atoms with E-state index in [1.807, 2.05) is 0 Å². The maximum Gasteiger partial charge on any atom is 0.314 e. The van der Waals surface area contributed by atoms with Crippen molar-refractivity contribution in [2.75, 3.05) is 33.0 Å². The topological polar surface area (TPSA) is 450 Å². The van der Waals surface area contributed by atoms with E-state index in [-0.39, 0.29) is 11.8 Å². The number of ether oxygens (including phenoxy) is 10. The molecular weight excluding hydrogens is 1050 g/mol. The van der Waals surface area contributed by atoms with Gasteiger partial charge in [0.1, 0.15) is 110 Å². The predicted molar refractivity (Wildman–Crippen MR) is 251 cm³/mol. The van der Waals surface area contributed by atoms with E-state index >= 15 is 0 Å². The maximum absolute atomic E-state index is 14.9. The number of fused-ring (bicyclic) bond motifs is 3. The summed E-state index contributed by atoms with van der Waals surface area (Å²) in [6.07, 6.45) is -38.1. The van der Waals surface area contributed by atoms with Gasteiger partial charge in [-0.15, -0.1) is 0 Å². The van der Waals surface area contributed by atoms with Gasteiger partial charge in [0.25, 0.3) is 0 Å². The Balaban J connectivity index is 0.943. The molecule has 9 aliphatic rings. The van der Waals surface area contributed by atoms with Gasteiger partial charge < -0.3 is 129 Å². The molecule has 9 rings (SSSR count). The van der Waals surface area contributed by atoms with Crippen molar-refractivity contribution in [3.05, 3.63) is 12.2 Å². The normalized spacial score (nSPS) is 53.6. The highest BCUT2D eigenvalue weighted by atomic mass is 16.8. The van der Waals surface area contributed by atoms with Gasteiger partial charge in [-0.05, 0) is 86.5 Å². The van der Waals surface area contributed by atoms with Gasteiger partial charge in [-0.1, -0.05) is 19.9 Å². The third-order valence-electron chi connectivity index (χ3n) is 19.0. The number of carbonyl (C=O) groups is 2. The number of hydrogen-bond donors (Lipinski definition) is 16. The van der Waals surface area contributed by atoms with E-state index in [0.29, 0.717) is 63.4 Å². The Morgan fingerprint density at radius 3 is 1.60 bits per heavy atom. The molecule has 0 aromatic carbocycles. The van der Waals surface area contributed by atoms with Crippen LogP contribution in [0, 0.1) is 28.1 Å². The summed E-state index contributed by atoms with van der Waals surface area (Å²) in [6, 6.07) is 0. The Kier molecular flexibility index (Phi) is 17.9. The second kappa shape index (κ2) is 23.1. The number of hydrogen-bond acceptors (Lipinski definition) is 28. The molecule has 28 heteroatoms. The van der Waals surface area contributed by atoms with Gasteiger partial charge in [-0.3, -0.25) is 9.59 Å². The molecule has 5 heterocycles. The third kappa shape index (κ3) is 10.3. The number of carbonyl (C=O) groups excluding carboxylic acids is 2. The van der Waals surface area contributed by atoms with Crippen molar-refractivity contribution in [3.63, 3.8) is 0 Å². The lowest BCUT2D eigenvalue weighted by Crippen LogP contribution is -2.65. The molecule has 5 aliphatic heterocycles. The summed E-state index contributed by atoms with van der Waals surface area (Å²) in [7, 11) is 0. The van der Waals surface area contributed by atoms with Crippen LogP contribution >= 0.6 is 0 Å². The highest BCUT2D eigenvalue weighted by Gasteiger charge is 2.70. The van der Waals surface area contributed by atoms with Crippen LogP contribution in [0.3, 0.4) is 0 Å². The minimum Gasteiger partial charge on any atom is -0.432 e. The van der Waals surface area contributed by atoms with Crippen LogP contribution in [0.4, 0.5) is 0 Å². The average molecular weight is 1130 g/mol. The summed E-state index contributed by atoms with van der Waals surface area (Å²) in [5.74, 6) is -2.19. The molecule has 0 aromatic heterocycles. The maximum atomic E-state index is 14.9. The van der Waals surface area contributed by atoms with Gasteiger partial charge in [0.2, 0.25) is 6.29 Å².